The molecule has 0 aromatic heterocycles. The average molecular weight is 457 g/mol. The number of hydrogen-bond donors (Lipinski definition) is 4. The molecule has 0 aliphatic carbocycles. The molecule has 0 rings (SSSR count). The van der Waals surface area contributed by atoms with Crippen LogP contribution in [0.4, 0.5) is 4.79 Å². The van der Waals surface area contributed by atoms with Crippen molar-refractivity contribution in [3.8, 4) is 0 Å². The third kappa shape index (κ3) is 26.2. The predicted octanol–water partition coefficient (Wildman–Crippen LogP) is 6.26. The van der Waals surface area contributed by atoms with E-state index in [9.17, 15) is 14.4 Å². The first-order valence-corrected chi connectivity index (χ1v) is 13.0. The quantitative estimate of drug-likeness (QED) is 0.128. The van der Waals surface area contributed by atoms with Gasteiger partial charge in [-0.05, 0) is 25.7 Å². The number of carbonyl (C=O) groups excluding carboxylic acids is 1. The summed E-state index contributed by atoms with van der Waals surface area (Å²) in [5.41, 5.74) is 0. The summed E-state index contributed by atoms with van der Waals surface area (Å²) in [7, 11) is 0. The van der Waals surface area contributed by atoms with E-state index in [2.05, 4.69) is 10.6 Å². The number of carboxylic acid groups (broad SMARTS) is 2. The summed E-state index contributed by atoms with van der Waals surface area (Å²) in [6.07, 6.45) is 20.4. The molecule has 0 heterocycles. The number of urea groups is 1. The zero-order valence-corrected chi connectivity index (χ0v) is 20.2. The lowest BCUT2D eigenvalue weighted by molar-refractivity contribution is -0.138. The summed E-state index contributed by atoms with van der Waals surface area (Å²) in [5, 5.41) is 23.0. The number of unbranched alkanes of at least 4 members (excludes halogenated alkanes) is 16. The summed E-state index contributed by atoms with van der Waals surface area (Å²) >= 11 is 0. The number of rotatable bonds is 24. The van der Waals surface area contributed by atoms with Crippen LogP contribution >= 0.6 is 0 Å². The number of amides is 2. The molecule has 0 aliphatic heterocycles. The van der Waals surface area contributed by atoms with Crippen LogP contribution in [-0.2, 0) is 9.59 Å². The molecule has 0 fully saturated rings. The van der Waals surface area contributed by atoms with Crippen molar-refractivity contribution in [1.82, 2.24) is 10.6 Å². The lowest BCUT2D eigenvalue weighted by Gasteiger charge is -2.08. The minimum atomic E-state index is -0.696. The highest BCUT2D eigenvalue weighted by Crippen LogP contribution is 2.11. The van der Waals surface area contributed by atoms with Gasteiger partial charge in [-0.25, -0.2) is 4.79 Å². The Hall–Kier alpha value is -1.79. The van der Waals surface area contributed by atoms with Crippen LogP contribution in [0.1, 0.15) is 128 Å². The third-order valence-electron chi connectivity index (χ3n) is 5.71. The van der Waals surface area contributed by atoms with E-state index >= 15 is 0 Å². The first-order valence-electron chi connectivity index (χ1n) is 13.0. The molecule has 4 N–H and O–H groups in total. The first-order chi connectivity index (χ1) is 15.5. The Morgan fingerprint density at radius 3 is 0.938 bits per heavy atom. The zero-order chi connectivity index (χ0) is 23.7. The molecule has 0 radical (unpaired) electrons. The van der Waals surface area contributed by atoms with Gasteiger partial charge in [-0.1, -0.05) is 89.9 Å². The average Bonchev–Trinajstić information content (AvgIpc) is 2.74. The number of hydrogen-bond acceptors (Lipinski definition) is 3. The fourth-order valence-corrected chi connectivity index (χ4v) is 3.74. The second kappa shape index (κ2) is 23.9. The summed E-state index contributed by atoms with van der Waals surface area (Å²) in [4.78, 5) is 32.6. The molecule has 0 atom stereocenters. The maximum atomic E-state index is 11.8. The molecular weight excluding hydrogens is 408 g/mol. The highest BCUT2D eigenvalue weighted by atomic mass is 16.4. The maximum Gasteiger partial charge on any atom is 0.314 e. The normalized spacial score (nSPS) is 10.8. The molecule has 0 aromatic carbocycles. The van der Waals surface area contributed by atoms with Crippen molar-refractivity contribution in [2.75, 3.05) is 13.1 Å². The van der Waals surface area contributed by atoms with E-state index < -0.39 is 11.9 Å². The van der Waals surface area contributed by atoms with Crippen molar-refractivity contribution in [2.45, 2.75) is 128 Å². The van der Waals surface area contributed by atoms with Gasteiger partial charge in [-0.3, -0.25) is 9.59 Å². The lowest BCUT2D eigenvalue weighted by Crippen LogP contribution is -2.36. The van der Waals surface area contributed by atoms with Crippen LogP contribution in [0.3, 0.4) is 0 Å². The van der Waals surface area contributed by atoms with Gasteiger partial charge < -0.3 is 20.8 Å². The number of carboxylic acids is 2. The molecule has 0 bridgehead atoms. The maximum absolute atomic E-state index is 11.8. The molecule has 7 nitrogen and oxygen atoms in total. The first kappa shape index (κ1) is 30.2. The van der Waals surface area contributed by atoms with Gasteiger partial charge in [0, 0.05) is 25.9 Å². The van der Waals surface area contributed by atoms with E-state index in [1.54, 1.807) is 0 Å². The van der Waals surface area contributed by atoms with Crippen LogP contribution in [0, 0.1) is 0 Å². The van der Waals surface area contributed by atoms with E-state index in [-0.39, 0.29) is 6.03 Å². The molecule has 0 aromatic rings. The van der Waals surface area contributed by atoms with Crippen molar-refractivity contribution in [2.24, 2.45) is 0 Å². The van der Waals surface area contributed by atoms with Gasteiger partial charge in [0.05, 0.1) is 0 Å². The molecule has 0 saturated heterocycles. The van der Waals surface area contributed by atoms with Crippen LogP contribution in [0.25, 0.3) is 0 Å². The molecule has 0 spiro atoms. The van der Waals surface area contributed by atoms with Gasteiger partial charge in [0.25, 0.3) is 0 Å². The van der Waals surface area contributed by atoms with Crippen molar-refractivity contribution in [1.29, 1.82) is 0 Å². The summed E-state index contributed by atoms with van der Waals surface area (Å²) in [6, 6.07) is -0.0623. The van der Waals surface area contributed by atoms with Gasteiger partial charge in [-0.15, -0.1) is 0 Å². The fourth-order valence-electron chi connectivity index (χ4n) is 3.74. The van der Waals surface area contributed by atoms with E-state index in [0.29, 0.717) is 12.8 Å². The summed E-state index contributed by atoms with van der Waals surface area (Å²) < 4.78 is 0. The van der Waals surface area contributed by atoms with Crippen molar-refractivity contribution >= 4 is 18.0 Å². The molecule has 188 valence electrons. The van der Waals surface area contributed by atoms with E-state index in [1.807, 2.05) is 0 Å². The Kier molecular flexibility index (Phi) is 22.5. The minimum Gasteiger partial charge on any atom is -0.481 e. The standard InChI is InChI=1S/C25H48N2O5/c28-23(29)19-15-11-7-3-1-5-9-13-17-21-26-25(32)27-22-18-14-10-6-2-4-8-12-16-20-24(30)31/h1-22H2,(H,28,29)(H,30,31)(H2,26,27,32). The van der Waals surface area contributed by atoms with Crippen LogP contribution < -0.4 is 10.6 Å². The van der Waals surface area contributed by atoms with Crippen molar-refractivity contribution < 1.29 is 24.6 Å². The zero-order valence-electron chi connectivity index (χ0n) is 20.2. The predicted molar refractivity (Wildman–Crippen MR) is 129 cm³/mol. The van der Waals surface area contributed by atoms with E-state index in [1.165, 1.54) is 51.4 Å². The Bertz CT molecular complexity index is 431. The van der Waals surface area contributed by atoms with Crippen LogP contribution in [0.15, 0.2) is 0 Å². The monoisotopic (exact) mass is 456 g/mol. The van der Waals surface area contributed by atoms with Crippen LogP contribution in [0.5, 0.6) is 0 Å². The fraction of sp³-hybridized carbons (Fsp3) is 0.880. The molecule has 2 amide bonds. The number of nitrogens with one attached hydrogen (secondary N) is 2. The molecule has 7 heteroatoms. The third-order valence-corrected chi connectivity index (χ3v) is 5.71. The van der Waals surface area contributed by atoms with Gasteiger partial charge in [0.1, 0.15) is 0 Å². The van der Waals surface area contributed by atoms with Crippen LogP contribution in [0.2, 0.25) is 0 Å². The Morgan fingerprint density at radius 1 is 0.406 bits per heavy atom. The van der Waals surface area contributed by atoms with E-state index in [4.69, 9.17) is 10.2 Å². The smallest absolute Gasteiger partial charge is 0.314 e. The van der Waals surface area contributed by atoms with Gasteiger partial charge in [0.15, 0.2) is 0 Å². The number of aliphatic carboxylic acids is 2. The molecule has 32 heavy (non-hydrogen) atoms. The van der Waals surface area contributed by atoms with Crippen molar-refractivity contribution in [3.63, 3.8) is 0 Å². The second-order valence-electron chi connectivity index (χ2n) is 8.83. The summed E-state index contributed by atoms with van der Waals surface area (Å²) in [6.45, 7) is 1.46. The molecule has 0 unspecified atom stereocenters. The Labute approximate surface area is 195 Å². The minimum absolute atomic E-state index is 0.0623. The van der Waals surface area contributed by atoms with Gasteiger partial charge in [0.2, 0.25) is 0 Å². The topological polar surface area (TPSA) is 116 Å². The van der Waals surface area contributed by atoms with Crippen molar-refractivity contribution in [3.05, 3.63) is 0 Å². The largest absolute Gasteiger partial charge is 0.481 e. The summed E-state index contributed by atoms with van der Waals surface area (Å²) in [5.74, 6) is -1.39. The van der Waals surface area contributed by atoms with Gasteiger partial charge >= 0.3 is 18.0 Å². The SMILES string of the molecule is O=C(O)CCCCCCCCCCCNC(=O)NCCCCCCCCCCCC(=O)O. The second-order valence-corrected chi connectivity index (χ2v) is 8.83. The highest BCUT2D eigenvalue weighted by Gasteiger charge is 2.00. The highest BCUT2D eigenvalue weighted by molar-refractivity contribution is 5.73. The number of carbonyl (C=O) groups is 3. The molecular formula is C25H48N2O5. The molecule has 0 aliphatic rings. The molecule has 0 saturated carbocycles. The van der Waals surface area contributed by atoms with Crippen LogP contribution in [-0.4, -0.2) is 41.3 Å². The lowest BCUT2D eigenvalue weighted by atomic mass is 10.1. The Balaban J connectivity index is 3.18. The van der Waals surface area contributed by atoms with E-state index in [0.717, 1.165) is 77.3 Å². The van der Waals surface area contributed by atoms with Gasteiger partial charge in [-0.2, -0.15) is 0 Å². The Morgan fingerprint density at radius 2 is 0.656 bits per heavy atom.